The molecule has 0 atom stereocenters. The van der Waals surface area contributed by atoms with E-state index < -0.39 is 0 Å². The van der Waals surface area contributed by atoms with Crippen LogP contribution in [0.2, 0.25) is 0 Å². The van der Waals surface area contributed by atoms with Crippen LogP contribution < -0.4 is 11.1 Å². The van der Waals surface area contributed by atoms with Gasteiger partial charge in [-0.2, -0.15) is 0 Å². The lowest BCUT2D eigenvalue weighted by Gasteiger charge is -2.02. The smallest absolute Gasteiger partial charge is 0.270 e. The summed E-state index contributed by atoms with van der Waals surface area (Å²) in [4.78, 5) is 16.0. The van der Waals surface area contributed by atoms with E-state index in [0.29, 0.717) is 24.7 Å². The average molecular weight is 255 g/mol. The van der Waals surface area contributed by atoms with Crippen LogP contribution in [0.1, 0.15) is 42.2 Å². The molecule has 0 bridgehead atoms. The maximum atomic E-state index is 11.7. The molecule has 1 aromatic heterocycles. The zero-order valence-electron chi connectivity index (χ0n) is 10.5. The number of nitrogens with two attached hydrogens (primary N) is 1. The predicted molar refractivity (Wildman–Crippen MR) is 71.3 cm³/mol. The Morgan fingerprint density at radius 3 is 2.94 bits per heavy atom. The molecule has 5 heteroatoms. The monoisotopic (exact) mass is 255 g/mol. The summed E-state index contributed by atoms with van der Waals surface area (Å²) < 4.78 is 0. The topological polar surface area (TPSA) is 68.0 Å². The largest absolute Gasteiger partial charge is 0.351 e. The maximum Gasteiger partial charge on any atom is 0.270 e. The summed E-state index contributed by atoms with van der Waals surface area (Å²) >= 11 is 1.56. The molecule has 0 aromatic carbocycles. The third kappa shape index (κ3) is 5.28. The zero-order chi connectivity index (χ0) is 12.7. The molecule has 3 N–H and O–H groups in total. The second-order valence-corrected chi connectivity index (χ2v) is 5.42. The predicted octanol–water partition coefficient (Wildman–Crippen LogP) is 1.81. The number of rotatable bonds is 7. The van der Waals surface area contributed by atoms with Crippen molar-refractivity contribution in [1.29, 1.82) is 0 Å². The zero-order valence-corrected chi connectivity index (χ0v) is 11.3. The van der Waals surface area contributed by atoms with E-state index in [1.54, 1.807) is 11.3 Å². The average Bonchev–Trinajstić information content (AvgIpc) is 2.71. The van der Waals surface area contributed by atoms with Gasteiger partial charge in [0.1, 0.15) is 5.69 Å². The number of aromatic nitrogens is 1. The number of hydrogen-bond donors (Lipinski definition) is 2. The number of unbranched alkanes of at least 4 members (excludes halogenated alkanes) is 1. The van der Waals surface area contributed by atoms with Gasteiger partial charge in [0.2, 0.25) is 0 Å². The van der Waals surface area contributed by atoms with E-state index in [0.717, 1.165) is 24.3 Å². The lowest BCUT2D eigenvalue weighted by Crippen LogP contribution is -2.25. The van der Waals surface area contributed by atoms with E-state index in [9.17, 15) is 4.79 Å². The summed E-state index contributed by atoms with van der Waals surface area (Å²) in [5.41, 5.74) is 5.92. The molecule has 0 saturated carbocycles. The van der Waals surface area contributed by atoms with E-state index in [4.69, 9.17) is 5.73 Å². The Morgan fingerprint density at radius 1 is 1.53 bits per heavy atom. The van der Waals surface area contributed by atoms with E-state index >= 15 is 0 Å². The first kappa shape index (κ1) is 14.1. The van der Waals surface area contributed by atoms with Gasteiger partial charge in [-0.15, -0.1) is 11.3 Å². The molecule has 0 fully saturated rings. The highest BCUT2D eigenvalue weighted by Crippen LogP contribution is 2.14. The molecule has 0 spiro atoms. The van der Waals surface area contributed by atoms with Crippen molar-refractivity contribution in [2.24, 2.45) is 11.7 Å². The maximum absolute atomic E-state index is 11.7. The SMILES string of the molecule is CC(C)Cc1nc(C(=O)NCCCCN)cs1. The lowest BCUT2D eigenvalue weighted by molar-refractivity contribution is 0.0948. The number of thiazole rings is 1. The van der Waals surface area contributed by atoms with Crippen LogP contribution in [-0.2, 0) is 6.42 Å². The Labute approximate surface area is 107 Å². The molecule has 0 unspecified atom stereocenters. The number of nitrogens with zero attached hydrogens (tertiary/aromatic N) is 1. The number of hydrogen-bond acceptors (Lipinski definition) is 4. The van der Waals surface area contributed by atoms with Crippen molar-refractivity contribution >= 4 is 17.2 Å². The number of carbonyl (C=O) groups excluding carboxylic acids is 1. The summed E-state index contributed by atoms with van der Waals surface area (Å²) in [7, 11) is 0. The highest BCUT2D eigenvalue weighted by Gasteiger charge is 2.10. The Hall–Kier alpha value is -0.940. The van der Waals surface area contributed by atoms with E-state index in [2.05, 4.69) is 24.1 Å². The van der Waals surface area contributed by atoms with Gasteiger partial charge in [0.25, 0.3) is 5.91 Å². The summed E-state index contributed by atoms with van der Waals surface area (Å²) in [5.74, 6) is 0.495. The third-order valence-electron chi connectivity index (χ3n) is 2.28. The molecule has 1 rings (SSSR count). The molecule has 96 valence electrons. The van der Waals surface area contributed by atoms with Crippen molar-refractivity contribution in [3.8, 4) is 0 Å². The summed E-state index contributed by atoms with van der Waals surface area (Å²) in [6.07, 6.45) is 2.80. The van der Waals surface area contributed by atoms with Gasteiger partial charge in [-0.25, -0.2) is 4.98 Å². The van der Waals surface area contributed by atoms with Crippen LogP contribution in [0.15, 0.2) is 5.38 Å². The molecule has 1 amide bonds. The van der Waals surface area contributed by atoms with Crippen LogP contribution in [0.4, 0.5) is 0 Å². The molecule has 0 aliphatic carbocycles. The van der Waals surface area contributed by atoms with E-state index in [1.807, 2.05) is 5.38 Å². The molecular formula is C12H21N3OS. The standard InChI is InChI=1S/C12H21N3OS/c1-9(2)7-11-15-10(8-17-11)12(16)14-6-4-3-5-13/h8-9H,3-7,13H2,1-2H3,(H,14,16). The van der Waals surface area contributed by atoms with Crippen molar-refractivity contribution in [3.63, 3.8) is 0 Å². The highest BCUT2D eigenvalue weighted by molar-refractivity contribution is 7.09. The highest BCUT2D eigenvalue weighted by atomic mass is 32.1. The Kier molecular flexibility index (Phi) is 6.15. The van der Waals surface area contributed by atoms with Crippen molar-refractivity contribution in [2.75, 3.05) is 13.1 Å². The van der Waals surface area contributed by atoms with Gasteiger partial charge in [-0.3, -0.25) is 4.79 Å². The Balaban J connectivity index is 2.38. The minimum absolute atomic E-state index is 0.0757. The van der Waals surface area contributed by atoms with Crippen LogP contribution in [0.5, 0.6) is 0 Å². The van der Waals surface area contributed by atoms with Gasteiger partial charge in [0.15, 0.2) is 0 Å². The molecule has 0 aliphatic heterocycles. The first-order chi connectivity index (χ1) is 8.13. The number of amides is 1. The van der Waals surface area contributed by atoms with Crippen molar-refractivity contribution < 1.29 is 4.79 Å². The van der Waals surface area contributed by atoms with Crippen molar-refractivity contribution in [2.45, 2.75) is 33.1 Å². The third-order valence-corrected chi connectivity index (χ3v) is 3.15. The Morgan fingerprint density at radius 2 is 2.29 bits per heavy atom. The van der Waals surface area contributed by atoms with Crippen LogP contribution >= 0.6 is 11.3 Å². The fourth-order valence-corrected chi connectivity index (χ4v) is 2.41. The second kappa shape index (κ2) is 7.40. The molecular weight excluding hydrogens is 234 g/mol. The van der Waals surface area contributed by atoms with Gasteiger partial charge in [0, 0.05) is 18.3 Å². The summed E-state index contributed by atoms with van der Waals surface area (Å²) in [6, 6.07) is 0. The molecule has 1 heterocycles. The minimum Gasteiger partial charge on any atom is -0.351 e. The lowest BCUT2D eigenvalue weighted by atomic mass is 10.1. The molecule has 0 saturated heterocycles. The first-order valence-corrected chi connectivity index (χ1v) is 6.94. The van der Waals surface area contributed by atoms with Crippen LogP contribution in [0.25, 0.3) is 0 Å². The molecule has 1 aromatic rings. The number of carbonyl (C=O) groups is 1. The molecule has 0 aliphatic rings. The van der Waals surface area contributed by atoms with Crippen molar-refractivity contribution in [3.05, 3.63) is 16.1 Å². The van der Waals surface area contributed by atoms with E-state index in [-0.39, 0.29) is 5.91 Å². The quantitative estimate of drug-likeness (QED) is 0.730. The molecule has 0 radical (unpaired) electrons. The first-order valence-electron chi connectivity index (χ1n) is 6.06. The summed E-state index contributed by atoms with van der Waals surface area (Å²) in [6.45, 7) is 5.64. The fraction of sp³-hybridized carbons (Fsp3) is 0.667. The normalized spacial score (nSPS) is 10.8. The van der Waals surface area contributed by atoms with Gasteiger partial charge in [0.05, 0.1) is 5.01 Å². The van der Waals surface area contributed by atoms with Crippen LogP contribution in [0, 0.1) is 5.92 Å². The van der Waals surface area contributed by atoms with Gasteiger partial charge >= 0.3 is 0 Å². The van der Waals surface area contributed by atoms with Gasteiger partial charge in [-0.1, -0.05) is 13.8 Å². The second-order valence-electron chi connectivity index (χ2n) is 4.48. The summed E-state index contributed by atoms with van der Waals surface area (Å²) in [5, 5.41) is 5.71. The fourth-order valence-electron chi connectivity index (χ4n) is 1.42. The van der Waals surface area contributed by atoms with Crippen molar-refractivity contribution in [1.82, 2.24) is 10.3 Å². The minimum atomic E-state index is -0.0757. The number of nitrogens with one attached hydrogen (secondary N) is 1. The van der Waals surface area contributed by atoms with Crippen LogP contribution in [-0.4, -0.2) is 24.0 Å². The van der Waals surface area contributed by atoms with Gasteiger partial charge < -0.3 is 11.1 Å². The van der Waals surface area contributed by atoms with E-state index in [1.165, 1.54) is 0 Å². The molecule has 4 nitrogen and oxygen atoms in total. The molecule has 17 heavy (non-hydrogen) atoms. The van der Waals surface area contributed by atoms with Crippen LogP contribution in [0.3, 0.4) is 0 Å². The Bertz CT molecular complexity index is 349. The van der Waals surface area contributed by atoms with Gasteiger partial charge in [-0.05, 0) is 25.3 Å².